The van der Waals surface area contributed by atoms with Gasteiger partial charge in [-0.05, 0) is 18.2 Å². The van der Waals surface area contributed by atoms with E-state index in [1.807, 2.05) is 53.9 Å². The van der Waals surface area contributed by atoms with Crippen LogP contribution < -0.4 is 10.2 Å². The molecule has 1 saturated heterocycles. The summed E-state index contributed by atoms with van der Waals surface area (Å²) >= 11 is 7.74. The fourth-order valence-electron chi connectivity index (χ4n) is 3.16. The number of hydrogen-bond donors (Lipinski definition) is 1. The number of ether oxygens (including phenoxy) is 1. The Morgan fingerprint density at radius 2 is 1.89 bits per heavy atom. The van der Waals surface area contributed by atoms with Gasteiger partial charge in [-0.15, -0.1) is 11.3 Å². The summed E-state index contributed by atoms with van der Waals surface area (Å²) in [7, 11) is 0. The molecule has 1 amide bonds. The normalized spacial score (nSPS) is 14.1. The first-order valence-corrected chi connectivity index (χ1v) is 10.4. The number of amides is 1. The number of hydrogen-bond acceptors (Lipinski definition) is 5. The van der Waals surface area contributed by atoms with Gasteiger partial charge < -0.3 is 15.0 Å². The maximum atomic E-state index is 12.6. The molecule has 0 radical (unpaired) electrons. The summed E-state index contributed by atoms with van der Waals surface area (Å²) in [6.07, 6.45) is 0.221. The summed E-state index contributed by atoms with van der Waals surface area (Å²) in [6.45, 7) is 3.04. The molecule has 1 aliphatic rings. The molecule has 2 aromatic carbocycles. The lowest BCUT2D eigenvalue weighted by Gasteiger charge is -2.30. The third kappa shape index (κ3) is 4.35. The maximum absolute atomic E-state index is 12.6. The maximum Gasteiger partial charge on any atom is 0.230 e. The van der Waals surface area contributed by atoms with E-state index in [0.29, 0.717) is 18.2 Å². The average Bonchev–Trinajstić information content (AvgIpc) is 3.17. The van der Waals surface area contributed by atoms with E-state index in [-0.39, 0.29) is 12.3 Å². The zero-order valence-electron chi connectivity index (χ0n) is 15.2. The minimum atomic E-state index is -0.0864. The third-order valence-electron chi connectivity index (χ3n) is 4.53. The molecule has 0 saturated carbocycles. The molecule has 1 aliphatic heterocycles. The van der Waals surface area contributed by atoms with Crippen LogP contribution in [-0.2, 0) is 16.0 Å². The molecule has 144 valence electrons. The first kappa shape index (κ1) is 18.9. The van der Waals surface area contributed by atoms with Gasteiger partial charge in [0.25, 0.3) is 0 Å². The van der Waals surface area contributed by atoms with Crippen molar-refractivity contribution >= 4 is 40.2 Å². The quantitative estimate of drug-likeness (QED) is 0.670. The number of halogens is 1. The highest BCUT2D eigenvalue weighted by atomic mass is 35.5. The van der Waals surface area contributed by atoms with Gasteiger partial charge in [0.15, 0.2) is 0 Å². The Bertz CT molecular complexity index is 970. The SMILES string of the molecule is O=C(Cc1csc(-c2ccccc2Cl)n1)Nc1ccccc1N1CCOCC1. The van der Waals surface area contributed by atoms with Crippen molar-refractivity contribution in [3.05, 3.63) is 64.6 Å². The number of para-hydroxylation sites is 2. The van der Waals surface area contributed by atoms with Gasteiger partial charge in [0, 0.05) is 24.0 Å². The molecule has 0 spiro atoms. The summed E-state index contributed by atoms with van der Waals surface area (Å²) in [5.41, 5.74) is 3.46. The zero-order chi connectivity index (χ0) is 19.3. The molecule has 0 unspecified atom stereocenters. The highest BCUT2D eigenvalue weighted by molar-refractivity contribution is 7.13. The van der Waals surface area contributed by atoms with Gasteiger partial charge in [0.05, 0.1) is 41.7 Å². The fraction of sp³-hybridized carbons (Fsp3) is 0.238. The van der Waals surface area contributed by atoms with E-state index in [9.17, 15) is 4.79 Å². The van der Waals surface area contributed by atoms with E-state index in [0.717, 1.165) is 40.7 Å². The van der Waals surface area contributed by atoms with Crippen LogP contribution in [0, 0.1) is 0 Å². The number of carbonyl (C=O) groups excluding carboxylic acids is 1. The molecule has 0 atom stereocenters. The summed E-state index contributed by atoms with van der Waals surface area (Å²) < 4.78 is 5.42. The highest BCUT2D eigenvalue weighted by Gasteiger charge is 2.16. The number of carbonyl (C=O) groups is 1. The second kappa shape index (κ2) is 8.73. The molecule has 0 bridgehead atoms. The number of nitrogens with one attached hydrogen (secondary N) is 1. The van der Waals surface area contributed by atoms with Gasteiger partial charge in [-0.3, -0.25) is 4.79 Å². The van der Waals surface area contributed by atoms with Gasteiger partial charge in [-0.1, -0.05) is 41.9 Å². The van der Waals surface area contributed by atoms with Crippen LogP contribution in [0.3, 0.4) is 0 Å². The van der Waals surface area contributed by atoms with Crippen molar-refractivity contribution in [3.63, 3.8) is 0 Å². The van der Waals surface area contributed by atoms with E-state index in [1.165, 1.54) is 11.3 Å². The number of rotatable bonds is 5. The minimum Gasteiger partial charge on any atom is -0.378 e. The van der Waals surface area contributed by atoms with Crippen LogP contribution in [0.25, 0.3) is 10.6 Å². The molecule has 3 aromatic rings. The molecule has 7 heteroatoms. The monoisotopic (exact) mass is 413 g/mol. The second-order valence-corrected chi connectivity index (χ2v) is 7.73. The van der Waals surface area contributed by atoms with Crippen molar-refractivity contribution in [3.8, 4) is 10.6 Å². The largest absolute Gasteiger partial charge is 0.378 e. The lowest BCUT2D eigenvalue weighted by atomic mass is 10.2. The first-order chi connectivity index (χ1) is 13.7. The third-order valence-corrected chi connectivity index (χ3v) is 5.78. The standard InChI is InChI=1S/C21H20ClN3O2S/c22-17-6-2-1-5-16(17)21-23-15(14-28-21)13-20(26)24-18-7-3-4-8-19(18)25-9-11-27-12-10-25/h1-8,14H,9-13H2,(H,24,26). The Morgan fingerprint density at radius 3 is 2.71 bits per heavy atom. The Kier molecular flexibility index (Phi) is 5.90. The predicted octanol–water partition coefficient (Wildman–Crippen LogP) is 4.48. The topological polar surface area (TPSA) is 54.5 Å². The number of benzene rings is 2. The molecule has 0 aliphatic carbocycles. The van der Waals surface area contributed by atoms with E-state index in [1.54, 1.807) is 0 Å². The fourth-order valence-corrected chi connectivity index (χ4v) is 4.30. The lowest BCUT2D eigenvalue weighted by Crippen LogP contribution is -2.36. The number of nitrogens with zero attached hydrogens (tertiary/aromatic N) is 2. The first-order valence-electron chi connectivity index (χ1n) is 9.11. The molecule has 1 N–H and O–H groups in total. The van der Waals surface area contributed by atoms with Crippen LogP contribution in [0.2, 0.25) is 5.02 Å². The summed E-state index contributed by atoms with van der Waals surface area (Å²) in [6, 6.07) is 15.5. The van der Waals surface area contributed by atoms with Crippen LogP contribution in [-0.4, -0.2) is 37.2 Å². The predicted molar refractivity (Wildman–Crippen MR) is 114 cm³/mol. The number of morpholine rings is 1. The lowest BCUT2D eigenvalue weighted by molar-refractivity contribution is -0.115. The van der Waals surface area contributed by atoms with Crippen LogP contribution in [0.1, 0.15) is 5.69 Å². The van der Waals surface area contributed by atoms with Crippen molar-refractivity contribution in [1.82, 2.24) is 4.98 Å². The molecule has 5 nitrogen and oxygen atoms in total. The van der Waals surface area contributed by atoms with Crippen LogP contribution in [0.15, 0.2) is 53.9 Å². The van der Waals surface area contributed by atoms with Gasteiger partial charge in [0.2, 0.25) is 5.91 Å². The molecule has 4 rings (SSSR count). The minimum absolute atomic E-state index is 0.0864. The van der Waals surface area contributed by atoms with Gasteiger partial charge in [-0.25, -0.2) is 4.98 Å². The second-order valence-electron chi connectivity index (χ2n) is 6.47. The molecule has 28 heavy (non-hydrogen) atoms. The van der Waals surface area contributed by atoms with Crippen molar-refractivity contribution in [2.45, 2.75) is 6.42 Å². The number of anilines is 2. The highest BCUT2D eigenvalue weighted by Crippen LogP contribution is 2.30. The molecular weight excluding hydrogens is 394 g/mol. The zero-order valence-corrected chi connectivity index (χ0v) is 16.8. The van der Waals surface area contributed by atoms with Gasteiger partial charge in [0.1, 0.15) is 5.01 Å². The number of aromatic nitrogens is 1. The van der Waals surface area contributed by atoms with Crippen LogP contribution in [0.4, 0.5) is 11.4 Å². The van der Waals surface area contributed by atoms with Gasteiger partial charge >= 0.3 is 0 Å². The Morgan fingerprint density at radius 1 is 1.14 bits per heavy atom. The molecule has 1 fully saturated rings. The Hall–Kier alpha value is -2.41. The van der Waals surface area contributed by atoms with Crippen molar-refractivity contribution in [2.24, 2.45) is 0 Å². The van der Waals surface area contributed by atoms with E-state index >= 15 is 0 Å². The average molecular weight is 414 g/mol. The Labute approximate surface area is 172 Å². The van der Waals surface area contributed by atoms with E-state index < -0.39 is 0 Å². The van der Waals surface area contributed by atoms with Crippen LogP contribution >= 0.6 is 22.9 Å². The van der Waals surface area contributed by atoms with Gasteiger partial charge in [-0.2, -0.15) is 0 Å². The van der Waals surface area contributed by atoms with Crippen LogP contribution in [0.5, 0.6) is 0 Å². The van der Waals surface area contributed by atoms with E-state index in [2.05, 4.69) is 15.2 Å². The summed E-state index contributed by atoms with van der Waals surface area (Å²) in [4.78, 5) is 19.4. The molecule has 1 aromatic heterocycles. The van der Waals surface area contributed by atoms with Crippen molar-refractivity contribution in [2.75, 3.05) is 36.5 Å². The summed E-state index contributed by atoms with van der Waals surface area (Å²) in [5, 5.41) is 6.42. The van der Waals surface area contributed by atoms with Crippen molar-refractivity contribution in [1.29, 1.82) is 0 Å². The Balaban J connectivity index is 1.45. The van der Waals surface area contributed by atoms with Crippen molar-refractivity contribution < 1.29 is 9.53 Å². The smallest absolute Gasteiger partial charge is 0.230 e. The molecular formula is C21H20ClN3O2S. The summed E-state index contributed by atoms with van der Waals surface area (Å²) in [5.74, 6) is -0.0864. The number of thiazole rings is 1. The van der Waals surface area contributed by atoms with E-state index in [4.69, 9.17) is 16.3 Å². The molecule has 2 heterocycles.